The topological polar surface area (TPSA) is 91.7 Å². The van der Waals surface area contributed by atoms with Gasteiger partial charge >= 0.3 is 0 Å². The standard InChI is InChI=1S/C24H31N3O4S/c1-24(2,3)18-6-7-19-17(11-18)12-20(32-19)22(29)26-25-21(28)15-5-4-9-27(13-15)23(30)16-8-10-31-14-16/h8,10,12,14-15,18H,4-7,9,11,13H2,1-3H3,(H,25,28)(H,26,29). The van der Waals surface area contributed by atoms with Crippen molar-refractivity contribution < 1.29 is 18.8 Å². The van der Waals surface area contributed by atoms with E-state index < -0.39 is 0 Å². The Bertz CT molecular complexity index is 990. The number of carbonyl (C=O) groups excluding carboxylic acids is 3. The lowest BCUT2D eigenvalue weighted by atomic mass is 9.72. The molecule has 1 aliphatic carbocycles. The number of thiophene rings is 1. The SMILES string of the molecule is CC(C)(C)C1CCc2sc(C(=O)NNC(=O)C3CCCN(C(=O)c4ccoc4)C3)cc2C1. The molecule has 2 aliphatic rings. The van der Waals surface area contributed by atoms with E-state index in [9.17, 15) is 14.4 Å². The van der Waals surface area contributed by atoms with Crippen molar-refractivity contribution in [3.8, 4) is 0 Å². The number of hydrogen-bond donors (Lipinski definition) is 2. The Balaban J connectivity index is 1.31. The van der Waals surface area contributed by atoms with Crippen LogP contribution in [0.5, 0.6) is 0 Å². The van der Waals surface area contributed by atoms with Crippen LogP contribution in [0, 0.1) is 17.3 Å². The lowest BCUT2D eigenvalue weighted by molar-refractivity contribution is -0.127. The largest absolute Gasteiger partial charge is 0.472 e. The number of nitrogens with one attached hydrogen (secondary N) is 2. The van der Waals surface area contributed by atoms with Gasteiger partial charge in [-0.1, -0.05) is 20.8 Å². The first kappa shape index (κ1) is 22.6. The van der Waals surface area contributed by atoms with Gasteiger partial charge in [-0.05, 0) is 61.1 Å². The summed E-state index contributed by atoms with van der Waals surface area (Å²) in [7, 11) is 0. The third-order valence-electron chi connectivity index (χ3n) is 6.68. The fourth-order valence-corrected chi connectivity index (χ4v) is 5.70. The summed E-state index contributed by atoms with van der Waals surface area (Å²) in [6, 6.07) is 3.60. The second-order valence-corrected chi connectivity index (χ2v) is 11.0. The Labute approximate surface area is 192 Å². The van der Waals surface area contributed by atoms with E-state index in [1.807, 2.05) is 6.07 Å². The van der Waals surface area contributed by atoms with E-state index in [1.165, 1.54) is 34.3 Å². The molecule has 32 heavy (non-hydrogen) atoms. The second-order valence-electron chi connectivity index (χ2n) is 9.91. The summed E-state index contributed by atoms with van der Waals surface area (Å²) in [6.07, 6.45) is 7.44. The molecule has 172 valence electrons. The molecule has 0 aromatic carbocycles. The number of carbonyl (C=O) groups is 3. The maximum Gasteiger partial charge on any atom is 0.279 e. The van der Waals surface area contributed by atoms with Gasteiger partial charge in [0.1, 0.15) is 6.26 Å². The predicted molar refractivity (Wildman–Crippen MR) is 122 cm³/mol. The predicted octanol–water partition coefficient (Wildman–Crippen LogP) is 3.81. The number of hydrogen-bond acceptors (Lipinski definition) is 5. The Kier molecular flexibility index (Phi) is 6.42. The zero-order chi connectivity index (χ0) is 22.9. The number of furan rings is 1. The van der Waals surface area contributed by atoms with Crippen LogP contribution in [0.4, 0.5) is 0 Å². The van der Waals surface area contributed by atoms with Gasteiger partial charge in [0, 0.05) is 18.0 Å². The fraction of sp³-hybridized carbons (Fsp3) is 0.542. The number of likely N-dealkylation sites (tertiary alicyclic amines) is 1. The van der Waals surface area contributed by atoms with Crippen molar-refractivity contribution in [2.75, 3.05) is 13.1 Å². The van der Waals surface area contributed by atoms with Crippen molar-refractivity contribution in [1.29, 1.82) is 0 Å². The van der Waals surface area contributed by atoms with Gasteiger partial charge in [-0.3, -0.25) is 25.2 Å². The third kappa shape index (κ3) is 4.90. The van der Waals surface area contributed by atoms with Gasteiger partial charge in [-0.2, -0.15) is 0 Å². The average Bonchev–Trinajstić information content (AvgIpc) is 3.45. The van der Waals surface area contributed by atoms with Crippen LogP contribution in [0.15, 0.2) is 29.1 Å². The molecule has 3 amide bonds. The van der Waals surface area contributed by atoms with Gasteiger partial charge in [0.15, 0.2) is 0 Å². The molecule has 0 saturated carbocycles. The molecule has 2 unspecified atom stereocenters. The van der Waals surface area contributed by atoms with E-state index in [4.69, 9.17) is 4.42 Å². The first-order valence-corrected chi connectivity index (χ1v) is 12.1. The molecule has 1 fully saturated rings. The number of fused-ring (bicyclic) bond motifs is 1. The number of rotatable bonds is 3. The van der Waals surface area contributed by atoms with Crippen LogP contribution in [-0.4, -0.2) is 35.7 Å². The molecule has 1 aliphatic heterocycles. The lowest BCUT2D eigenvalue weighted by Gasteiger charge is -2.33. The van der Waals surface area contributed by atoms with Crippen molar-refractivity contribution >= 4 is 29.1 Å². The normalized spacial score (nSPS) is 21.0. The molecular formula is C24H31N3O4S. The van der Waals surface area contributed by atoms with Crippen LogP contribution < -0.4 is 10.9 Å². The first-order chi connectivity index (χ1) is 15.2. The highest BCUT2D eigenvalue weighted by atomic mass is 32.1. The minimum Gasteiger partial charge on any atom is -0.472 e. The van der Waals surface area contributed by atoms with Crippen LogP contribution >= 0.6 is 11.3 Å². The molecular weight excluding hydrogens is 426 g/mol. The van der Waals surface area contributed by atoms with Crippen LogP contribution in [0.1, 0.15) is 70.5 Å². The summed E-state index contributed by atoms with van der Waals surface area (Å²) in [6.45, 7) is 7.75. The van der Waals surface area contributed by atoms with Gasteiger partial charge in [0.25, 0.3) is 11.8 Å². The van der Waals surface area contributed by atoms with Gasteiger partial charge < -0.3 is 9.32 Å². The maximum atomic E-state index is 12.7. The molecule has 2 atom stereocenters. The minimum absolute atomic E-state index is 0.141. The number of piperidine rings is 1. The van der Waals surface area contributed by atoms with Crippen LogP contribution in [0.25, 0.3) is 0 Å². The number of nitrogens with zero attached hydrogens (tertiary/aromatic N) is 1. The molecule has 2 aromatic rings. The van der Waals surface area contributed by atoms with Crippen molar-refractivity contribution in [3.63, 3.8) is 0 Å². The summed E-state index contributed by atoms with van der Waals surface area (Å²) in [5.41, 5.74) is 7.14. The monoisotopic (exact) mass is 457 g/mol. The smallest absolute Gasteiger partial charge is 0.279 e. The molecule has 1 saturated heterocycles. The van der Waals surface area contributed by atoms with Crippen molar-refractivity contribution in [2.45, 2.75) is 52.9 Å². The highest BCUT2D eigenvalue weighted by Gasteiger charge is 2.31. The quantitative estimate of drug-likeness (QED) is 0.686. The highest BCUT2D eigenvalue weighted by molar-refractivity contribution is 7.14. The van der Waals surface area contributed by atoms with Crippen LogP contribution in [0.2, 0.25) is 0 Å². The summed E-state index contributed by atoms with van der Waals surface area (Å²) in [5, 5.41) is 0. The molecule has 7 nitrogen and oxygen atoms in total. The Morgan fingerprint density at radius 3 is 2.72 bits per heavy atom. The summed E-state index contributed by atoms with van der Waals surface area (Å²) < 4.78 is 4.99. The second kappa shape index (κ2) is 9.10. The zero-order valence-corrected chi connectivity index (χ0v) is 19.7. The van der Waals surface area contributed by atoms with Gasteiger partial charge in [-0.25, -0.2) is 0 Å². The number of hydrazine groups is 1. The van der Waals surface area contributed by atoms with E-state index in [1.54, 1.807) is 11.0 Å². The van der Waals surface area contributed by atoms with E-state index in [2.05, 4.69) is 31.6 Å². The average molecular weight is 458 g/mol. The Morgan fingerprint density at radius 1 is 1.19 bits per heavy atom. The van der Waals surface area contributed by atoms with Gasteiger partial charge in [0.2, 0.25) is 5.91 Å². The van der Waals surface area contributed by atoms with Crippen molar-refractivity contribution in [2.24, 2.45) is 17.3 Å². The van der Waals surface area contributed by atoms with Crippen molar-refractivity contribution in [1.82, 2.24) is 15.8 Å². The molecule has 0 bridgehead atoms. The molecule has 0 radical (unpaired) electrons. The molecule has 3 heterocycles. The number of aryl methyl sites for hydroxylation is 1. The third-order valence-corrected chi connectivity index (χ3v) is 7.91. The molecule has 0 spiro atoms. The van der Waals surface area contributed by atoms with Gasteiger partial charge in [0.05, 0.1) is 22.6 Å². The van der Waals surface area contributed by atoms with E-state index >= 15 is 0 Å². The van der Waals surface area contributed by atoms with E-state index in [0.29, 0.717) is 35.9 Å². The van der Waals surface area contributed by atoms with Crippen LogP contribution in [-0.2, 0) is 17.6 Å². The first-order valence-electron chi connectivity index (χ1n) is 11.3. The van der Waals surface area contributed by atoms with E-state index in [0.717, 1.165) is 25.7 Å². The Hall–Kier alpha value is -2.61. The maximum absolute atomic E-state index is 12.7. The fourth-order valence-electron chi connectivity index (χ4n) is 4.60. The molecule has 2 aromatic heterocycles. The lowest BCUT2D eigenvalue weighted by Crippen LogP contribution is -2.49. The van der Waals surface area contributed by atoms with Crippen LogP contribution in [0.3, 0.4) is 0 Å². The molecule has 4 rings (SSSR count). The molecule has 8 heteroatoms. The summed E-state index contributed by atoms with van der Waals surface area (Å²) >= 11 is 1.52. The minimum atomic E-state index is -0.357. The van der Waals surface area contributed by atoms with Gasteiger partial charge in [-0.15, -0.1) is 11.3 Å². The Morgan fingerprint density at radius 2 is 2.00 bits per heavy atom. The summed E-state index contributed by atoms with van der Waals surface area (Å²) in [4.78, 5) is 41.4. The van der Waals surface area contributed by atoms with Crippen molar-refractivity contribution in [3.05, 3.63) is 45.5 Å². The number of amides is 3. The molecule has 2 N–H and O–H groups in total. The van der Waals surface area contributed by atoms with E-state index in [-0.39, 0.29) is 29.1 Å². The highest BCUT2D eigenvalue weighted by Crippen LogP contribution is 2.40. The summed E-state index contributed by atoms with van der Waals surface area (Å²) in [5.74, 6) is -0.439. The zero-order valence-electron chi connectivity index (χ0n) is 18.9.